The lowest BCUT2D eigenvalue weighted by Gasteiger charge is -2.09. The Balaban J connectivity index is 2.39. The van der Waals surface area contributed by atoms with Gasteiger partial charge in [-0.15, -0.1) is 0 Å². The Morgan fingerprint density at radius 3 is 2.85 bits per heavy atom. The second kappa shape index (κ2) is 5.94. The van der Waals surface area contributed by atoms with E-state index in [1.165, 1.54) is 5.57 Å². The van der Waals surface area contributed by atoms with E-state index in [4.69, 9.17) is 16.9 Å². The van der Waals surface area contributed by atoms with Crippen LogP contribution in [-0.2, 0) is 6.54 Å². The first-order valence-corrected chi connectivity index (χ1v) is 6.83. The smallest absolute Gasteiger partial charge is 0.0992 e. The van der Waals surface area contributed by atoms with Gasteiger partial charge in [-0.1, -0.05) is 30.7 Å². The van der Waals surface area contributed by atoms with Crippen molar-refractivity contribution in [3.05, 3.63) is 52.7 Å². The quantitative estimate of drug-likeness (QED) is 0.782. The van der Waals surface area contributed by atoms with Crippen molar-refractivity contribution >= 4 is 22.5 Å². The van der Waals surface area contributed by atoms with Crippen molar-refractivity contribution in [2.24, 2.45) is 0 Å². The topological polar surface area (TPSA) is 41.6 Å². The minimum absolute atomic E-state index is 0.557. The van der Waals surface area contributed by atoms with Gasteiger partial charge >= 0.3 is 0 Å². The van der Waals surface area contributed by atoms with E-state index < -0.39 is 0 Å². The van der Waals surface area contributed by atoms with Gasteiger partial charge in [-0.25, -0.2) is 0 Å². The number of benzene rings is 1. The largest absolute Gasteiger partial charge is 0.267 e. The van der Waals surface area contributed by atoms with Crippen LogP contribution in [0.15, 0.2) is 47.2 Å². The number of aromatic nitrogens is 2. The number of nitriles is 1. The third-order valence-corrected chi connectivity index (χ3v) is 3.61. The zero-order chi connectivity index (χ0) is 14.7. The molecule has 0 saturated heterocycles. The minimum atomic E-state index is 0.557. The Bertz CT molecular complexity index is 732. The van der Waals surface area contributed by atoms with E-state index in [-0.39, 0.29) is 0 Å². The van der Waals surface area contributed by atoms with Crippen LogP contribution in [0.25, 0.3) is 10.9 Å². The molecule has 1 aromatic carbocycles. The van der Waals surface area contributed by atoms with Gasteiger partial charge in [-0.05, 0) is 37.1 Å². The predicted octanol–water partition coefficient (Wildman–Crippen LogP) is 4.39. The summed E-state index contributed by atoms with van der Waals surface area (Å²) in [6.07, 6.45) is 2.89. The summed E-state index contributed by atoms with van der Waals surface area (Å²) < 4.78 is 1.84. The molecule has 0 aliphatic heterocycles. The highest BCUT2D eigenvalue weighted by Crippen LogP contribution is 2.22. The fourth-order valence-electron chi connectivity index (χ4n) is 2.05. The SMILES string of the molecule is C=C(Cl)/C(Cn1cc2ccc(C#N)cc2n1)=C(\C)CC. The number of fused-ring (bicyclic) bond motifs is 1. The van der Waals surface area contributed by atoms with E-state index in [1.54, 1.807) is 12.1 Å². The van der Waals surface area contributed by atoms with Crippen molar-refractivity contribution in [3.8, 4) is 6.07 Å². The van der Waals surface area contributed by atoms with Crippen molar-refractivity contribution in [3.63, 3.8) is 0 Å². The molecule has 20 heavy (non-hydrogen) atoms. The summed E-state index contributed by atoms with van der Waals surface area (Å²) in [6.45, 7) is 8.57. The molecule has 1 aromatic heterocycles. The number of nitrogens with zero attached hydrogens (tertiary/aromatic N) is 3. The summed E-state index contributed by atoms with van der Waals surface area (Å²) >= 11 is 6.08. The van der Waals surface area contributed by atoms with Crippen LogP contribution in [0.5, 0.6) is 0 Å². The zero-order valence-electron chi connectivity index (χ0n) is 11.7. The molecular formula is C16H16ClN3. The van der Waals surface area contributed by atoms with E-state index >= 15 is 0 Å². The molecule has 0 aliphatic carbocycles. The number of halogens is 1. The molecule has 4 heteroatoms. The lowest BCUT2D eigenvalue weighted by Crippen LogP contribution is -2.03. The Labute approximate surface area is 123 Å². The van der Waals surface area contributed by atoms with Gasteiger partial charge in [0.2, 0.25) is 0 Å². The summed E-state index contributed by atoms with van der Waals surface area (Å²) in [4.78, 5) is 0. The molecule has 0 unspecified atom stereocenters. The first-order valence-electron chi connectivity index (χ1n) is 6.46. The van der Waals surface area contributed by atoms with Crippen LogP contribution in [0, 0.1) is 11.3 Å². The molecule has 3 nitrogen and oxygen atoms in total. The predicted molar refractivity (Wildman–Crippen MR) is 82.4 cm³/mol. The van der Waals surface area contributed by atoms with E-state index in [1.807, 2.05) is 16.9 Å². The molecule has 102 valence electrons. The summed E-state index contributed by atoms with van der Waals surface area (Å²) in [5.41, 5.74) is 3.66. The summed E-state index contributed by atoms with van der Waals surface area (Å²) in [7, 11) is 0. The van der Waals surface area contributed by atoms with Gasteiger partial charge in [0.25, 0.3) is 0 Å². The molecule has 0 spiro atoms. The van der Waals surface area contributed by atoms with Crippen molar-refractivity contribution in [1.82, 2.24) is 9.78 Å². The maximum atomic E-state index is 8.91. The molecule has 0 N–H and O–H groups in total. The Hall–Kier alpha value is -2.05. The lowest BCUT2D eigenvalue weighted by atomic mass is 10.1. The fraction of sp³-hybridized carbons (Fsp3) is 0.250. The molecule has 2 rings (SSSR count). The first kappa shape index (κ1) is 14.4. The molecule has 0 bridgehead atoms. The van der Waals surface area contributed by atoms with Gasteiger partial charge in [0, 0.05) is 16.6 Å². The Morgan fingerprint density at radius 2 is 2.25 bits per heavy atom. The number of hydrogen-bond acceptors (Lipinski definition) is 2. The Morgan fingerprint density at radius 1 is 1.50 bits per heavy atom. The van der Waals surface area contributed by atoms with E-state index in [0.717, 1.165) is 22.9 Å². The van der Waals surface area contributed by atoms with Gasteiger partial charge in [0.15, 0.2) is 0 Å². The molecule has 0 atom stereocenters. The van der Waals surface area contributed by atoms with Crippen LogP contribution in [0.4, 0.5) is 0 Å². The van der Waals surface area contributed by atoms with Crippen LogP contribution in [0.2, 0.25) is 0 Å². The first-order chi connectivity index (χ1) is 9.55. The van der Waals surface area contributed by atoms with Crippen molar-refractivity contribution < 1.29 is 0 Å². The highest BCUT2D eigenvalue weighted by Gasteiger charge is 2.08. The summed E-state index contributed by atoms with van der Waals surface area (Å²) in [5.74, 6) is 0. The number of rotatable bonds is 4. The van der Waals surface area contributed by atoms with Crippen LogP contribution in [0.3, 0.4) is 0 Å². The average Bonchev–Trinajstić information content (AvgIpc) is 2.84. The van der Waals surface area contributed by atoms with Crippen molar-refractivity contribution in [2.45, 2.75) is 26.8 Å². The fourth-order valence-corrected chi connectivity index (χ4v) is 2.27. The normalized spacial score (nSPS) is 12.1. The molecule has 0 fully saturated rings. The zero-order valence-corrected chi connectivity index (χ0v) is 12.4. The van der Waals surface area contributed by atoms with Crippen LogP contribution in [-0.4, -0.2) is 9.78 Å². The maximum Gasteiger partial charge on any atom is 0.0992 e. The van der Waals surface area contributed by atoms with Crippen LogP contribution >= 0.6 is 11.6 Å². The lowest BCUT2D eigenvalue weighted by molar-refractivity contribution is 0.686. The van der Waals surface area contributed by atoms with Crippen molar-refractivity contribution in [2.75, 3.05) is 0 Å². The molecule has 0 radical (unpaired) electrons. The summed E-state index contributed by atoms with van der Waals surface area (Å²) in [6, 6.07) is 7.61. The maximum absolute atomic E-state index is 8.91. The molecular weight excluding hydrogens is 270 g/mol. The molecule has 0 amide bonds. The van der Waals surface area contributed by atoms with E-state index in [2.05, 4.69) is 31.6 Å². The standard InChI is InChI=1S/C16H16ClN3/c1-4-11(2)15(12(3)17)10-20-9-14-6-5-13(8-18)7-16(14)19-20/h5-7,9H,3-4,10H2,1-2H3/b15-11+. The van der Waals surface area contributed by atoms with Gasteiger partial charge in [0.1, 0.15) is 0 Å². The molecule has 0 saturated carbocycles. The van der Waals surface area contributed by atoms with E-state index in [0.29, 0.717) is 17.1 Å². The third kappa shape index (κ3) is 2.92. The number of allylic oxidation sites excluding steroid dienone is 3. The Kier molecular flexibility index (Phi) is 4.26. The highest BCUT2D eigenvalue weighted by molar-refractivity contribution is 6.31. The number of hydrogen-bond donors (Lipinski definition) is 0. The van der Waals surface area contributed by atoms with Gasteiger partial charge in [0.05, 0.1) is 23.7 Å². The second-order valence-electron chi connectivity index (χ2n) is 4.73. The van der Waals surface area contributed by atoms with Crippen molar-refractivity contribution in [1.29, 1.82) is 5.26 Å². The monoisotopic (exact) mass is 285 g/mol. The van der Waals surface area contributed by atoms with Gasteiger partial charge < -0.3 is 0 Å². The third-order valence-electron chi connectivity index (χ3n) is 3.38. The highest BCUT2D eigenvalue weighted by atomic mass is 35.5. The van der Waals surface area contributed by atoms with Gasteiger partial charge in [-0.3, -0.25) is 4.68 Å². The molecule has 1 heterocycles. The minimum Gasteiger partial charge on any atom is -0.267 e. The molecule has 2 aromatic rings. The average molecular weight is 286 g/mol. The van der Waals surface area contributed by atoms with Crippen LogP contribution < -0.4 is 0 Å². The van der Waals surface area contributed by atoms with E-state index in [9.17, 15) is 0 Å². The second-order valence-corrected chi connectivity index (χ2v) is 5.19. The molecule has 0 aliphatic rings. The van der Waals surface area contributed by atoms with Gasteiger partial charge in [-0.2, -0.15) is 10.4 Å². The van der Waals surface area contributed by atoms with Crippen LogP contribution in [0.1, 0.15) is 25.8 Å². The summed E-state index contributed by atoms with van der Waals surface area (Å²) in [5, 5.41) is 15.0.